The first kappa shape index (κ1) is 17.4. The first-order valence-corrected chi connectivity index (χ1v) is 7.49. The van der Waals surface area contributed by atoms with Gasteiger partial charge in [0.1, 0.15) is 5.75 Å². The first-order chi connectivity index (χ1) is 9.81. The molecule has 0 spiro atoms. The van der Waals surface area contributed by atoms with Gasteiger partial charge in [-0.2, -0.15) is 0 Å². The van der Waals surface area contributed by atoms with Crippen LogP contribution in [0.4, 0.5) is 5.69 Å². The molecule has 0 fully saturated rings. The number of nitrogens with one attached hydrogen (secondary N) is 1. The summed E-state index contributed by atoms with van der Waals surface area (Å²) in [5.41, 5.74) is -0.0828. The number of ether oxygens (including phenoxy) is 1. The Morgan fingerprint density at radius 3 is 2.67 bits per heavy atom. The van der Waals surface area contributed by atoms with Gasteiger partial charge in [-0.1, -0.05) is 13.8 Å². The number of nitrogens with zero attached hydrogens (tertiary/aromatic N) is 1. The van der Waals surface area contributed by atoms with Crippen molar-refractivity contribution in [1.82, 2.24) is 5.32 Å². The predicted molar refractivity (Wildman–Crippen MR) is 83.4 cm³/mol. The highest BCUT2D eigenvalue weighted by Crippen LogP contribution is 2.30. The second-order valence-electron chi connectivity index (χ2n) is 5.11. The monoisotopic (exact) mass is 358 g/mol. The summed E-state index contributed by atoms with van der Waals surface area (Å²) in [7, 11) is 0. The van der Waals surface area contributed by atoms with E-state index < -0.39 is 11.0 Å². The molecule has 7 heteroatoms. The SMILES string of the molecule is CC(C)CCNC(=O)C(C)Oc1cc([N+](=O)[O-])ccc1Br. The van der Waals surface area contributed by atoms with Crippen molar-refractivity contribution in [2.45, 2.75) is 33.3 Å². The van der Waals surface area contributed by atoms with Crippen molar-refractivity contribution in [2.24, 2.45) is 5.92 Å². The highest BCUT2D eigenvalue weighted by Gasteiger charge is 2.18. The fourth-order valence-electron chi connectivity index (χ4n) is 1.57. The van der Waals surface area contributed by atoms with E-state index in [-0.39, 0.29) is 17.3 Å². The fraction of sp³-hybridized carbons (Fsp3) is 0.500. The second kappa shape index (κ2) is 7.97. The molecule has 1 amide bonds. The van der Waals surface area contributed by atoms with E-state index >= 15 is 0 Å². The van der Waals surface area contributed by atoms with Crippen molar-refractivity contribution in [1.29, 1.82) is 0 Å². The number of hydrogen-bond acceptors (Lipinski definition) is 4. The van der Waals surface area contributed by atoms with Gasteiger partial charge in [0.15, 0.2) is 6.10 Å². The molecular formula is C14H19BrN2O4. The highest BCUT2D eigenvalue weighted by molar-refractivity contribution is 9.10. The summed E-state index contributed by atoms with van der Waals surface area (Å²) >= 11 is 3.25. The minimum Gasteiger partial charge on any atom is -0.479 e. The molecule has 1 N–H and O–H groups in total. The van der Waals surface area contributed by atoms with Crippen LogP contribution in [0.1, 0.15) is 27.2 Å². The summed E-state index contributed by atoms with van der Waals surface area (Å²) < 4.78 is 6.06. The zero-order valence-corrected chi connectivity index (χ0v) is 13.8. The van der Waals surface area contributed by atoms with Gasteiger partial charge in [0, 0.05) is 12.6 Å². The van der Waals surface area contributed by atoms with Crippen LogP contribution < -0.4 is 10.1 Å². The van der Waals surface area contributed by atoms with Crippen LogP contribution in [0.25, 0.3) is 0 Å². The summed E-state index contributed by atoms with van der Waals surface area (Å²) in [4.78, 5) is 22.1. The average Bonchev–Trinajstić information content (AvgIpc) is 2.40. The standard InChI is InChI=1S/C14H19BrN2O4/c1-9(2)6-7-16-14(18)10(3)21-13-8-11(17(19)20)4-5-12(13)15/h4-5,8-10H,6-7H2,1-3H3,(H,16,18). The molecule has 0 aliphatic rings. The van der Waals surface area contributed by atoms with Gasteiger partial charge in [0.25, 0.3) is 11.6 Å². The van der Waals surface area contributed by atoms with Crippen LogP contribution in [0.2, 0.25) is 0 Å². The number of benzene rings is 1. The van der Waals surface area contributed by atoms with Gasteiger partial charge < -0.3 is 10.1 Å². The fourth-order valence-corrected chi connectivity index (χ4v) is 1.91. The summed E-state index contributed by atoms with van der Waals surface area (Å²) in [5.74, 6) is 0.539. The molecule has 1 unspecified atom stereocenters. The lowest BCUT2D eigenvalue weighted by atomic mass is 10.1. The van der Waals surface area contributed by atoms with Crippen LogP contribution in [-0.4, -0.2) is 23.5 Å². The van der Waals surface area contributed by atoms with E-state index in [0.717, 1.165) is 6.42 Å². The molecular weight excluding hydrogens is 340 g/mol. The van der Waals surface area contributed by atoms with Crippen molar-refractivity contribution >= 4 is 27.5 Å². The smallest absolute Gasteiger partial charge is 0.273 e. The van der Waals surface area contributed by atoms with E-state index in [4.69, 9.17) is 4.74 Å². The van der Waals surface area contributed by atoms with Gasteiger partial charge in [0.2, 0.25) is 0 Å². The van der Waals surface area contributed by atoms with Crippen molar-refractivity contribution in [3.8, 4) is 5.75 Å². The first-order valence-electron chi connectivity index (χ1n) is 6.69. The highest BCUT2D eigenvalue weighted by atomic mass is 79.9. The third kappa shape index (κ3) is 5.71. The molecule has 1 aromatic carbocycles. The summed E-state index contributed by atoms with van der Waals surface area (Å²) in [6.45, 7) is 6.34. The Labute approximate surface area is 132 Å². The summed E-state index contributed by atoms with van der Waals surface area (Å²) in [6.07, 6.45) is 0.161. The van der Waals surface area contributed by atoms with Gasteiger partial charge in [-0.25, -0.2) is 0 Å². The lowest BCUT2D eigenvalue weighted by Gasteiger charge is -2.16. The number of carbonyl (C=O) groups is 1. The number of hydrogen-bond donors (Lipinski definition) is 1. The van der Waals surface area contributed by atoms with Gasteiger partial charge in [-0.05, 0) is 41.3 Å². The Balaban J connectivity index is 2.65. The van der Waals surface area contributed by atoms with Crippen molar-refractivity contribution in [3.05, 3.63) is 32.8 Å². The Morgan fingerprint density at radius 1 is 1.43 bits per heavy atom. The minimum atomic E-state index is -0.726. The summed E-state index contributed by atoms with van der Waals surface area (Å²) in [6, 6.07) is 4.18. The normalized spacial score (nSPS) is 12.0. The lowest BCUT2D eigenvalue weighted by Crippen LogP contribution is -2.37. The third-order valence-electron chi connectivity index (χ3n) is 2.82. The van der Waals surface area contributed by atoms with E-state index in [0.29, 0.717) is 16.9 Å². The Morgan fingerprint density at radius 2 is 2.10 bits per heavy atom. The van der Waals surface area contributed by atoms with Gasteiger partial charge in [-0.3, -0.25) is 14.9 Å². The number of nitro groups is 1. The topological polar surface area (TPSA) is 81.5 Å². The summed E-state index contributed by atoms with van der Waals surface area (Å²) in [5, 5.41) is 13.5. The maximum Gasteiger partial charge on any atom is 0.273 e. The molecule has 0 saturated carbocycles. The van der Waals surface area contributed by atoms with Crippen LogP contribution in [0.5, 0.6) is 5.75 Å². The Bertz CT molecular complexity index is 520. The molecule has 0 heterocycles. The van der Waals surface area contributed by atoms with E-state index in [1.54, 1.807) is 6.92 Å². The number of rotatable bonds is 7. The number of carbonyl (C=O) groups excluding carboxylic acids is 1. The van der Waals surface area contributed by atoms with Crippen molar-refractivity contribution in [2.75, 3.05) is 6.54 Å². The second-order valence-corrected chi connectivity index (χ2v) is 5.96. The van der Waals surface area contributed by atoms with Gasteiger partial charge >= 0.3 is 0 Å². The van der Waals surface area contributed by atoms with Gasteiger partial charge in [-0.15, -0.1) is 0 Å². The Hall–Kier alpha value is -1.63. The van der Waals surface area contributed by atoms with Crippen molar-refractivity contribution in [3.63, 3.8) is 0 Å². The molecule has 1 rings (SSSR count). The molecule has 1 aromatic rings. The number of nitro benzene ring substituents is 1. The van der Waals surface area contributed by atoms with E-state index in [1.807, 2.05) is 0 Å². The molecule has 0 aliphatic heterocycles. The number of non-ortho nitro benzene ring substituents is 1. The van der Waals surface area contributed by atoms with E-state index in [9.17, 15) is 14.9 Å². The maximum absolute atomic E-state index is 11.9. The van der Waals surface area contributed by atoms with Crippen LogP contribution in [0.15, 0.2) is 22.7 Å². The molecule has 0 saturated heterocycles. The lowest BCUT2D eigenvalue weighted by molar-refractivity contribution is -0.385. The quantitative estimate of drug-likeness (QED) is 0.598. The minimum absolute atomic E-state index is 0.0828. The molecule has 0 radical (unpaired) electrons. The average molecular weight is 359 g/mol. The molecule has 21 heavy (non-hydrogen) atoms. The molecule has 6 nitrogen and oxygen atoms in total. The molecule has 0 bridgehead atoms. The van der Waals surface area contributed by atoms with Gasteiger partial charge in [0.05, 0.1) is 15.5 Å². The largest absolute Gasteiger partial charge is 0.479 e. The Kier molecular flexibility index (Phi) is 6.61. The van der Waals surface area contributed by atoms with Crippen LogP contribution >= 0.6 is 15.9 Å². The number of halogens is 1. The zero-order valence-electron chi connectivity index (χ0n) is 12.3. The molecule has 1 atom stereocenters. The molecule has 116 valence electrons. The van der Waals surface area contributed by atoms with Crippen LogP contribution in [0, 0.1) is 16.0 Å². The number of amides is 1. The third-order valence-corrected chi connectivity index (χ3v) is 3.47. The molecule has 0 aromatic heterocycles. The van der Waals surface area contributed by atoms with Crippen LogP contribution in [-0.2, 0) is 4.79 Å². The van der Waals surface area contributed by atoms with Crippen LogP contribution in [0.3, 0.4) is 0 Å². The van der Waals surface area contributed by atoms with Crippen molar-refractivity contribution < 1.29 is 14.5 Å². The van der Waals surface area contributed by atoms with E-state index in [2.05, 4.69) is 35.1 Å². The predicted octanol–water partition coefficient (Wildman–Crippen LogP) is 3.29. The van der Waals surface area contributed by atoms with E-state index in [1.165, 1.54) is 18.2 Å². The maximum atomic E-state index is 11.9. The zero-order chi connectivity index (χ0) is 16.0. The molecule has 0 aliphatic carbocycles.